The van der Waals surface area contributed by atoms with Gasteiger partial charge in [0.1, 0.15) is 0 Å². The van der Waals surface area contributed by atoms with Crippen LogP contribution in [0.4, 0.5) is 0 Å². The zero-order valence-corrected chi connectivity index (χ0v) is 21.8. The molecule has 0 saturated carbocycles. The Bertz CT molecular complexity index is 1370. The number of hydrogen-bond acceptors (Lipinski definition) is 6. The highest BCUT2D eigenvalue weighted by atomic mass is 79.9. The number of carbonyl (C=O) groups excluding carboxylic acids is 1. The van der Waals surface area contributed by atoms with Gasteiger partial charge in [0, 0.05) is 8.95 Å². The average molecular weight is 629 g/mol. The van der Waals surface area contributed by atoms with Gasteiger partial charge in [-0.05, 0) is 81.1 Å². The van der Waals surface area contributed by atoms with Crippen LogP contribution < -0.4 is 21.7 Å². The molecule has 0 aromatic heterocycles. The summed E-state index contributed by atoms with van der Waals surface area (Å²) in [6.45, 7) is 3.09. The van der Waals surface area contributed by atoms with Crippen LogP contribution >= 0.6 is 31.9 Å². The highest BCUT2D eigenvalue weighted by molar-refractivity contribution is 9.10. The van der Waals surface area contributed by atoms with Crippen LogP contribution in [0.25, 0.3) is 0 Å². The van der Waals surface area contributed by atoms with Crippen molar-refractivity contribution in [2.75, 3.05) is 0 Å². The highest BCUT2D eigenvalue weighted by Crippen LogP contribution is 2.25. The molecule has 9 N–H and O–H groups in total. The SMILES string of the molecule is Cc1cc(Br)c(C(=O)N=C(N)N)cc1S(N)(=O)=O.Cc1cc(Br)c(C(=O)O)cc1S(N)(=O)=O. The molecule has 0 fully saturated rings. The fourth-order valence-corrected chi connectivity index (χ4v) is 5.26. The molecule has 0 aliphatic carbocycles. The Balaban J connectivity index is 0.000000335. The molecule has 2 aromatic rings. The number of rotatable bonds is 4. The highest BCUT2D eigenvalue weighted by Gasteiger charge is 2.19. The van der Waals surface area contributed by atoms with E-state index in [-0.39, 0.29) is 20.9 Å². The first-order chi connectivity index (χ1) is 14.9. The van der Waals surface area contributed by atoms with Crippen molar-refractivity contribution in [2.24, 2.45) is 26.7 Å². The molecular weight excluding hydrogens is 610 g/mol. The Labute approximate surface area is 206 Å². The molecule has 2 aromatic carbocycles. The molecule has 0 aliphatic heterocycles. The molecule has 0 saturated heterocycles. The van der Waals surface area contributed by atoms with E-state index >= 15 is 0 Å². The summed E-state index contributed by atoms with van der Waals surface area (Å²) in [6.07, 6.45) is 0. The minimum absolute atomic E-state index is 0.0121. The van der Waals surface area contributed by atoms with Gasteiger partial charge in [-0.15, -0.1) is 0 Å². The first-order valence-electron chi connectivity index (χ1n) is 8.39. The third-order valence-corrected chi connectivity index (χ3v) is 7.25. The number of carbonyl (C=O) groups is 2. The predicted octanol–water partition coefficient (Wildman–Crippen LogP) is 0.922. The summed E-state index contributed by atoms with van der Waals surface area (Å²) in [5.74, 6) is -2.39. The maximum absolute atomic E-state index is 11.7. The Kier molecular flexibility index (Phi) is 9.30. The lowest BCUT2D eigenvalue weighted by atomic mass is 10.1. The van der Waals surface area contributed by atoms with Crippen LogP contribution in [0, 0.1) is 13.8 Å². The second-order valence-electron chi connectivity index (χ2n) is 6.43. The van der Waals surface area contributed by atoms with Crippen LogP contribution in [-0.4, -0.2) is 39.8 Å². The normalized spacial score (nSPS) is 11.2. The van der Waals surface area contributed by atoms with Crippen LogP contribution in [0.3, 0.4) is 0 Å². The molecule has 16 heteroatoms. The lowest BCUT2D eigenvalue weighted by Gasteiger charge is -2.07. The molecule has 0 spiro atoms. The zero-order chi connectivity index (χ0) is 25.9. The van der Waals surface area contributed by atoms with Crippen LogP contribution in [0.5, 0.6) is 0 Å². The molecule has 33 heavy (non-hydrogen) atoms. The molecule has 0 heterocycles. The van der Waals surface area contributed by atoms with E-state index in [1.807, 2.05) is 0 Å². The number of aryl methyl sites for hydroxylation is 2. The monoisotopic (exact) mass is 627 g/mol. The Morgan fingerprint density at radius 1 is 0.818 bits per heavy atom. The molecule has 2 rings (SSSR count). The minimum Gasteiger partial charge on any atom is -0.478 e. The van der Waals surface area contributed by atoms with Gasteiger partial charge in [0.2, 0.25) is 20.0 Å². The molecule has 0 aliphatic rings. The maximum Gasteiger partial charge on any atom is 0.336 e. The number of sulfonamides is 2. The Morgan fingerprint density at radius 3 is 1.52 bits per heavy atom. The zero-order valence-electron chi connectivity index (χ0n) is 17.0. The fourth-order valence-electron chi connectivity index (χ4n) is 2.42. The van der Waals surface area contributed by atoms with Crippen LogP contribution in [0.2, 0.25) is 0 Å². The van der Waals surface area contributed by atoms with Gasteiger partial charge >= 0.3 is 5.97 Å². The quantitative estimate of drug-likeness (QED) is 0.238. The molecule has 0 radical (unpaired) electrons. The van der Waals surface area contributed by atoms with E-state index in [2.05, 4.69) is 36.9 Å². The van der Waals surface area contributed by atoms with Crippen molar-refractivity contribution >= 4 is 69.7 Å². The van der Waals surface area contributed by atoms with Crippen LogP contribution in [0.15, 0.2) is 48.0 Å². The third-order valence-electron chi connectivity index (χ3n) is 3.83. The van der Waals surface area contributed by atoms with Gasteiger partial charge < -0.3 is 16.6 Å². The largest absolute Gasteiger partial charge is 0.478 e. The number of benzene rings is 2. The van der Waals surface area contributed by atoms with Crippen molar-refractivity contribution < 1.29 is 31.5 Å². The second kappa shape index (κ2) is 10.7. The van der Waals surface area contributed by atoms with Gasteiger partial charge in [0.25, 0.3) is 5.91 Å². The van der Waals surface area contributed by atoms with Crippen molar-refractivity contribution in [1.29, 1.82) is 0 Å². The van der Waals surface area contributed by atoms with Gasteiger partial charge in [-0.25, -0.2) is 31.9 Å². The maximum atomic E-state index is 11.7. The van der Waals surface area contributed by atoms with E-state index in [0.29, 0.717) is 20.1 Å². The molecule has 0 unspecified atom stereocenters. The van der Waals surface area contributed by atoms with Crippen molar-refractivity contribution in [3.8, 4) is 0 Å². The van der Waals surface area contributed by atoms with E-state index < -0.39 is 37.9 Å². The molecule has 180 valence electrons. The number of carboxylic acid groups (broad SMARTS) is 1. The second-order valence-corrected chi connectivity index (χ2v) is 11.2. The predicted molar refractivity (Wildman–Crippen MR) is 128 cm³/mol. The summed E-state index contributed by atoms with van der Waals surface area (Å²) in [5, 5.41) is 18.8. The summed E-state index contributed by atoms with van der Waals surface area (Å²) >= 11 is 6.16. The number of carboxylic acids is 1. The molecular formula is C17H19Br2N5O7S2. The third kappa shape index (κ3) is 7.86. The molecule has 1 amide bonds. The van der Waals surface area contributed by atoms with Gasteiger partial charge in [0.05, 0.1) is 20.9 Å². The van der Waals surface area contributed by atoms with Gasteiger partial charge in [-0.1, -0.05) is 0 Å². The number of nitrogens with zero attached hydrogens (tertiary/aromatic N) is 1. The topological polar surface area (TPSA) is 239 Å². The number of aliphatic imine (C=N–C) groups is 1. The number of guanidine groups is 1. The van der Waals surface area contributed by atoms with Gasteiger partial charge in [-0.3, -0.25) is 4.79 Å². The van der Waals surface area contributed by atoms with E-state index in [1.54, 1.807) is 6.92 Å². The number of amides is 1. The molecule has 0 bridgehead atoms. The first-order valence-corrected chi connectivity index (χ1v) is 13.1. The Hall–Kier alpha value is -2.37. The van der Waals surface area contributed by atoms with Crippen molar-refractivity contribution in [1.82, 2.24) is 0 Å². The number of hydrogen-bond donors (Lipinski definition) is 5. The van der Waals surface area contributed by atoms with Gasteiger partial charge in [-0.2, -0.15) is 4.99 Å². The fraction of sp³-hybridized carbons (Fsp3) is 0.118. The lowest BCUT2D eigenvalue weighted by Crippen LogP contribution is -2.24. The summed E-state index contributed by atoms with van der Waals surface area (Å²) in [5.41, 5.74) is 10.8. The van der Waals surface area contributed by atoms with Crippen molar-refractivity contribution in [3.63, 3.8) is 0 Å². The van der Waals surface area contributed by atoms with E-state index in [9.17, 15) is 26.4 Å². The summed E-state index contributed by atoms with van der Waals surface area (Å²) in [7, 11) is -7.81. The smallest absolute Gasteiger partial charge is 0.336 e. The van der Waals surface area contributed by atoms with Gasteiger partial charge in [0.15, 0.2) is 5.96 Å². The van der Waals surface area contributed by atoms with Crippen molar-refractivity contribution in [2.45, 2.75) is 23.6 Å². The first kappa shape index (κ1) is 28.7. The number of primary sulfonamides is 2. The Morgan fingerprint density at radius 2 is 1.18 bits per heavy atom. The number of nitrogens with two attached hydrogens (primary N) is 4. The summed E-state index contributed by atoms with van der Waals surface area (Å²) in [4.78, 5) is 25.4. The molecule has 0 atom stereocenters. The van der Waals surface area contributed by atoms with Crippen LogP contribution in [0.1, 0.15) is 31.8 Å². The average Bonchev–Trinajstić information content (AvgIpc) is 2.58. The van der Waals surface area contributed by atoms with Crippen LogP contribution in [-0.2, 0) is 20.0 Å². The molecule has 12 nitrogen and oxygen atoms in total. The van der Waals surface area contributed by atoms with E-state index in [4.69, 9.17) is 26.9 Å². The number of halogens is 2. The van der Waals surface area contributed by atoms with Crippen molar-refractivity contribution in [3.05, 3.63) is 55.5 Å². The number of aromatic carboxylic acids is 1. The van der Waals surface area contributed by atoms with E-state index in [0.717, 1.165) is 12.1 Å². The standard InChI is InChI=1S/C9H11BrN4O3S.C8H8BrNO4S/c1-4-2-6(10)5(8(15)14-9(11)12)3-7(4)18(13,16)17;1-4-2-6(9)5(8(11)12)3-7(4)15(10,13)14/h2-3H,1H3,(H2,13,16,17)(H4,11,12,14,15);2-3H,1H3,(H,11,12)(H2,10,13,14). The minimum atomic E-state index is -3.92. The van der Waals surface area contributed by atoms with E-state index in [1.165, 1.54) is 19.1 Å². The lowest BCUT2D eigenvalue weighted by molar-refractivity contribution is 0.0695. The summed E-state index contributed by atoms with van der Waals surface area (Å²) in [6, 6.07) is 5.03. The summed E-state index contributed by atoms with van der Waals surface area (Å²) < 4.78 is 45.6.